The van der Waals surface area contributed by atoms with Crippen LogP contribution in [0.2, 0.25) is 0 Å². The van der Waals surface area contributed by atoms with Crippen LogP contribution in [0, 0.1) is 0 Å². The van der Waals surface area contributed by atoms with Gasteiger partial charge in [-0.25, -0.2) is 9.78 Å². The fourth-order valence-corrected chi connectivity index (χ4v) is 1.89. The normalized spacial score (nSPS) is 10.2. The highest BCUT2D eigenvalue weighted by molar-refractivity contribution is 7.17. The maximum absolute atomic E-state index is 10.7. The number of hydrogen-bond acceptors (Lipinski definition) is 4. The Kier molecular flexibility index (Phi) is 2.42. The van der Waals surface area contributed by atoms with E-state index < -0.39 is 5.97 Å². The van der Waals surface area contributed by atoms with Crippen LogP contribution < -0.4 is 4.90 Å². The lowest BCUT2D eigenvalue weighted by Crippen LogP contribution is -2.07. The number of carboxylic acid groups (broad SMARTS) is 1. The number of hydrogen-bond donors (Lipinski definition) is 2. The SMILES string of the molecule is CN(c1cc[nH]c1)c1ncc(C(=O)O)s1. The summed E-state index contributed by atoms with van der Waals surface area (Å²) >= 11 is 1.15. The second-order valence-corrected chi connectivity index (χ2v) is 3.95. The summed E-state index contributed by atoms with van der Waals surface area (Å²) in [7, 11) is 1.84. The molecule has 0 aliphatic carbocycles. The van der Waals surface area contributed by atoms with E-state index in [-0.39, 0.29) is 4.88 Å². The number of thiazole rings is 1. The lowest BCUT2D eigenvalue weighted by Gasteiger charge is -2.12. The number of nitrogens with zero attached hydrogens (tertiary/aromatic N) is 2. The van der Waals surface area contributed by atoms with E-state index in [9.17, 15) is 4.79 Å². The third kappa shape index (κ3) is 1.84. The fraction of sp³-hybridized carbons (Fsp3) is 0.111. The molecule has 0 amide bonds. The van der Waals surface area contributed by atoms with E-state index in [1.54, 1.807) is 6.20 Å². The Bertz CT molecular complexity index is 463. The second-order valence-electron chi connectivity index (χ2n) is 2.94. The molecule has 2 N–H and O–H groups in total. The van der Waals surface area contributed by atoms with Gasteiger partial charge in [0.05, 0.1) is 11.9 Å². The van der Waals surface area contributed by atoms with Gasteiger partial charge >= 0.3 is 5.97 Å². The first-order chi connectivity index (χ1) is 7.18. The number of aromatic amines is 1. The van der Waals surface area contributed by atoms with Crippen LogP contribution in [0.15, 0.2) is 24.7 Å². The zero-order valence-electron chi connectivity index (χ0n) is 7.97. The van der Waals surface area contributed by atoms with E-state index >= 15 is 0 Å². The second kappa shape index (κ2) is 3.74. The van der Waals surface area contributed by atoms with Gasteiger partial charge in [-0.1, -0.05) is 11.3 Å². The predicted molar refractivity (Wildman–Crippen MR) is 57.9 cm³/mol. The van der Waals surface area contributed by atoms with Crippen LogP contribution in [0.1, 0.15) is 9.67 Å². The van der Waals surface area contributed by atoms with Gasteiger partial charge in [-0.3, -0.25) is 0 Å². The molecule has 0 aromatic carbocycles. The Morgan fingerprint density at radius 3 is 3.00 bits per heavy atom. The third-order valence-corrected chi connectivity index (χ3v) is 3.02. The average molecular weight is 223 g/mol. The van der Waals surface area contributed by atoms with Crippen molar-refractivity contribution in [3.05, 3.63) is 29.5 Å². The highest BCUT2D eigenvalue weighted by Gasteiger charge is 2.12. The molecule has 0 bridgehead atoms. The molecule has 0 atom stereocenters. The van der Waals surface area contributed by atoms with Crippen molar-refractivity contribution >= 4 is 28.1 Å². The molecule has 2 aromatic rings. The highest BCUT2D eigenvalue weighted by atomic mass is 32.1. The molecule has 2 heterocycles. The fourth-order valence-electron chi connectivity index (χ4n) is 1.15. The number of aromatic nitrogens is 2. The maximum atomic E-state index is 10.7. The van der Waals surface area contributed by atoms with Gasteiger partial charge in [0, 0.05) is 19.4 Å². The largest absolute Gasteiger partial charge is 0.477 e. The van der Waals surface area contributed by atoms with Crippen LogP contribution >= 0.6 is 11.3 Å². The predicted octanol–water partition coefficient (Wildman–Crippen LogP) is 1.94. The van der Waals surface area contributed by atoms with E-state index in [1.807, 2.05) is 24.2 Å². The molecule has 0 aliphatic rings. The van der Waals surface area contributed by atoms with Crippen molar-refractivity contribution in [3.8, 4) is 0 Å². The maximum Gasteiger partial charge on any atom is 0.347 e. The summed E-state index contributed by atoms with van der Waals surface area (Å²) in [5, 5.41) is 9.42. The average Bonchev–Trinajstić information content (AvgIpc) is 2.88. The molecule has 0 spiro atoms. The van der Waals surface area contributed by atoms with Crippen molar-refractivity contribution in [1.29, 1.82) is 0 Å². The van der Waals surface area contributed by atoms with Gasteiger partial charge in [-0.15, -0.1) is 0 Å². The summed E-state index contributed by atoms with van der Waals surface area (Å²) < 4.78 is 0. The number of nitrogens with one attached hydrogen (secondary N) is 1. The van der Waals surface area contributed by atoms with Crippen molar-refractivity contribution in [2.24, 2.45) is 0 Å². The Morgan fingerprint density at radius 2 is 2.47 bits per heavy atom. The summed E-state index contributed by atoms with van der Waals surface area (Å²) in [6, 6.07) is 1.89. The quantitative estimate of drug-likeness (QED) is 0.834. The van der Waals surface area contributed by atoms with Gasteiger partial charge in [0.2, 0.25) is 0 Å². The smallest absolute Gasteiger partial charge is 0.347 e. The number of anilines is 2. The van der Waals surface area contributed by atoms with Crippen LogP contribution in [0.5, 0.6) is 0 Å². The van der Waals surface area contributed by atoms with Gasteiger partial charge in [-0.05, 0) is 6.07 Å². The number of H-pyrrole nitrogens is 1. The van der Waals surface area contributed by atoms with Crippen molar-refractivity contribution in [1.82, 2.24) is 9.97 Å². The van der Waals surface area contributed by atoms with E-state index in [4.69, 9.17) is 5.11 Å². The van der Waals surface area contributed by atoms with Crippen LogP contribution in [-0.4, -0.2) is 28.1 Å². The summed E-state index contributed by atoms with van der Waals surface area (Å²) in [5.74, 6) is -0.943. The van der Waals surface area contributed by atoms with Crippen LogP contribution in [0.25, 0.3) is 0 Å². The molecule has 0 unspecified atom stereocenters. The molecule has 15 heavy (non-hydrogen) atoms. The number of carbonyl (C=O) groups is 1. The molecule has 0 radical (unpaired) electrons. The van der Waals surface area contributed by atoms with Crippen LogP contribution in [0.3, 0.4) is 0 Å². The minimum Gasteiger partial charge on any atom is -0.477 e. The minimum atomic E-state index is -0.943. The molecule has 5 nitrogen and oxygen atoms in total. The standard InChI is InChI=1S/C9H9N3O2S/c1-12(6-2-3-10-4-6)9-11-5-7(15-9)8(13)14/h2-5,10H,1H3,(H,13,14). The first-order valence-electron chi connectivity index (χ1n) is 4.24. The van der Waals surface area contributed by atoms with E-state index in [0.717, 1.165) is 17.0 Å². The number of aromatic carboxylic acids is 1. The first-order valence-corrected chi connectivity index (χ1v) is 5.06. The molecular weight excluding hydrogens is 214 g/mol. The van der Waals surface area contributed by atoms with Gasteiger partial charge in [0.1, 0.15) is 4.88 Å². The highest BCUT2D eigenvalue weighted by Crippen LogP contribution is 2.27. The summed E-state index contributed by atoms with van der Waals surface area (Å²) in [5.41, 5.74) is 0.946. The van der Waals surface area contributed by atoms with Crippen molar-refractivity contribution in [2.45, 2.75) is 0 Å². The zero-order chi connectivity index (χ0) is 10.8. The van der Waals surface area contributed by atoms with Crippen LogP contribution in [0.4, 0.5) is 10.8 Å². The molecule has 78 valence electrons. The van der Waals surface area contributed by atoms with Crippen LogP contribution in [-0.2, 0) is 0 Å². The van der Waals surface area contributed by atoms with Crippen molar-refractivity contribution < 1.29 is 9.90 Å². The number of rotatable bonds is 3. The van der Waals surface area contributed by atoms with E-state index in [2.05, 4.69) is 9.97 Å². The first kappa shape index (κ1) is 9.72. The van der Waals surface area contributed by atoms with Gasteiger partial charge in [0.15, 0.2) is 5.13 Å². The topological polar surface area (TPSA) is 69.2 Å². The van der Waals surface area contributed by atoms with E-state index in [1.165, 1.54) is 6.20 Å². The zero-order valence-corrected chi connectivity index (χ0v) is 8.78. The molecule has 0 saturated heterocycles. The molecule has 0 saturated carbocycles. The summed E-state index contributed by atoms with van der Waals surface area (Å²) in [4.78, 5) is 19.7. The monoisotopic (exact) mass is 223 g/mol. The van der Waals surface area contributed by atoms with Gasteiger partial charge in [0.25, 0.3) is 0 Å². The molecular formula is C9H9N3O2S. The van der Waals surface area contributed by atoms with E-state index in [0.29, 0.717) is 5.13 Å². The molecule has 2 aromatic heterocycles. The van der Waals surface area contributed by atoms with Gasteiger partial charge in [-0.2, -0.15) is 0 Å². The third-order valence-electron chi connectivity index (χ3n) is 1.96. The Hall–Kier alpha value is -1.82. The number of carboxylic acids is 1. The molecule has 2 rings (SSSR count). The van der Waals surface area contributed by atoms with Gasteiger partial charge < -0.3 is 15.0 Å². The summed E-state index contributed by atoms with van der Waals surface area (Å²) in [6.07, 6.45) is 4.99. The lowest BCUT2D eigenvalue weighted by molar-refractivity contribution is 0.0702. The Labute approximate surface area is 90.0 Å². The van der Waals surface area contributed by atoms with Crippen molar-refractivity contribution in [3.63, 3.8) is 0 Å². The molecule has 0 aliphatic heterocycles. The molecule has 6 heteroatoms. The Morgan fingerprint density at radius 1 is 1.67 bits per heavy atom. The van der Waals surface area contributed by atoms with Crippen molar-refractivity contribution in [2.75, 3.05) is 11.9 Å². The lowest BCUT2D eigenvalue weighted by atomic mass is 10.5. The minimum absolute atomic E-state index is 0.243. The Balaban J connectivity index is 2.26. The molecule has 0 fully saturated rings. The summed E-state index contributed by atoms with van der Waals surface area (Å²) in [6.45, 7) is 0.